The second kappa shape index (κ2) is 8.37. The highest BCUT2D eigenvalue weighted by Crippen LogP contribution is 2.29. The minimum atomic E-state index is -0.403. The van der Waals surface area contributed by atoms with Gasteiger partial charge in [0, 0.05) is 16.8 Å². The zero-order valence-electron chi connectivity index (χ0n) is 14.7. The average Bonchev–Trinajstić information content (AvgIpc) is 2.69. The number of ether oxygens (including phenoxy) is 2. The molecule has 1 aromatic heterocycles. The van der Waals surface area contributed by atoms with Crippen LogP contribution < -0.4 is 20.1 Å². The molecule has 7 nitrogen and oxygen atoms in total. The van der Waals surface area contributed by atoms with E-state index in [0.29, 0.717) is 28.0 Å². The van der Waals surface area contributed by atoms with Gasteiger partial charge in [-0.05, 0) is 30.3 Å². The van der Waals surface area contributed by atoms with E-state index in [0.717, 1.165) is 5.69 Å². The van der Waals surface area contributed by atoms with Crippen LogP contribution in [0.15, 0.2) is 54.9 Å². The first-order chi connectivity index (χ1) is 13.1. The van der Waals surface area contributed by atoms with Crippen molar-refractivity contribution in [2.45, 2.75) is 0 Å². The van der Waals surface area contributed by atoms with Gasteiger partial charge in [0.1, 0.15) is 23.0 Å². The van der Waals surface area contributed by atoms with Crippen LogP contribution in [0.2, 0.25) is 5.02 Å². The minimum Gasteiger partial charge on any atom is -0.497 e. The molecule has 0 radical (unpaired) electrons. The van der Waals surface area contributed by atoms with Crippen molar-refractivity contribution in [1.29, 1.82) is 0 Å². The van der Waals surface area contributed by atoms with Gasteiger partial charge in [-0.3, -0.25) is 4.79 Å². The van der Waals surface area contributed by atoms with Crippen LogP contribution in [-0.4, -0.2) is 30.1 Å². The van der Waals surface area contributed by atoms with E-state index in [9.17, 15) is 4.79 Å². The van der Waals surface area contributed by atoms with Crippen LogP contribution in [-0.2, 0) is 0 Å². The Balaban J connectivity index is 1.71. The highest BCUT2D eigenvalue weighted by atomic mass is 35.5. The zero-order valence-corrected chi connectivity index (χ0v) is 15.4. The van der Waals surface area contributed by atoms with Gasteiger partial charge in [-0.1, -0.05) is 17.7 Å². The maximum atomic E-state index is 12.4. The maximum absolute atomic E-state index is 12.4. The fourth-order valence-electron chi connectivity index (χ4n) is 2.31. The van der Waals surface area contributed by atoms with E-state index in [2.05, 4.69) is 20.6 Å². The molecule has 0 spiro atoms. The zero-order chi connectivity index (χ0) is 19.2. The molecule has 1 amide bonds. The number of aromatic nitrogens is 2. The third-order valence-corrected chi connectivity index (χ3v) is 3.87. The predicted molar refractivity (Wildman–Crippen MR) is 104 cm³/mol. The number of nitrogens with one attached hydrogen (secondary N) is 2. The van der Waals surface area contributed by atoms with E-state index < -0.39 is 5.91 Å². The summed E-state index contributed by atoms with van der Waals surface area (Å²) in [5.74, 6) is 1.20. The number of carbonyl (C=O) groups is 1. The molecule has 3 rings (SSSR count). The molecular weight excluding hydrogens is 368 g/mol. The molecule has 3 aromatic rings. The third-order valence-electron chi connectivity index (χ3n) is 3.64. The molecule has 138 valence electrons. The van der Waals surface area contributed by atoms with E-state index in [4.69, 9.17) is 21.1 Å². The molecule has 0 saturated carbocycles. The molecule has 0 bridgehead atoms. The van der Waals surface area contributed by atoms with E-state index in [1.807, 2.05) is 12.1 Å². The molecule has 0 aliphatic rings. The fraction of sp³-hybridized carbons (Fsp3) is 0.105. The highest BCUT2D eigenvalue weighted by Gasteiger charge is 2.12. The Hall–Kier alpha value is -3.32. The van der Waals surface area contributed by atoms with E-state index >= 15 is 0 Å². The summed E-state index contributed by atoms with van der Waals surface area (Å²) in [4.78, 5) is 20.8. The van der Waals surface area contributed by atoms with Gasteiger partial charge < -0.3 is 20.1 Å². The number of nitrogens with zero attached hydrogens (tertiary/aromatic N) is 2. The summed E-state index contributed by atoms with van der Waals surface area (Å²) in [6, 6.07) is 12.3. The van der Waals surface area contributed by atoms with Crippen molar-refractivity contribution < 1.29 is 14.3 Å². The lowest BCUT2D eigenvalue weighted by atomic mass is 10.2. The number of halogens is 1. The Morgan fingerprint density at radius 2 is 1.89 bits per heavy atom. The Labute approximate surface area is 161 Å². The molecule has 2 aromatic carbocycles. The van der Waals surface area contributed by atoms with E-state index in [1.165, 1.54) is 19.5 Å². The van der Waals surface area contributed by atoms with Crippen LogP contribution in [0.1, 0.15) is 10.5 Å². The smallest absolute Gasteiger partial charge is 0.275 e. The first-order valence-corrected chi connectivity index (χ1v) is 8.35. The molecule has 0 saturated heterocycles. The second-order valence-electron chi connectivity index (χ2n) is 5.44. The lowest BCUT2D eigenvalue weighted by molar-refractivity contribution is 0.102. The molecule has 0 unspecified atom stereocenters. The van der Waals surface area contributed by atoms with E-state index in [1.54, 1.807) is 37.4 Å². The number of anilines is 3. The Morgan fingerprint density at radius 3 is 2.56 bits per heavy atom. The van der Waals surface area contributed by atoms with Gasteiger partial charge in [-0.25, -0.2) is 9.97 Å². The summed E-state index contributed by atoms with van der Waals surface area (Å²) in [7, 11) is 3.07. The molecule has 0 fully saturated rings. The van der Waals surface area contributed by atoms with Crippen LogP contribution >= 0.6 is 11.6 Å². The summed E-state index contributed by atoms with van der Waals surface area (Å²) in [6.07, 6.45) is 2.86. The molecular formula is C19H17ClN4O3. The number of rotatable bonds is 6. The highest BCUT2D eigenvalue weighted by molar-refractivity contribution is 6.30. The molecule has 1 heterocycles. The first kappa shape index (κ1) is 18.5. The molecule has 0 atom stereocenters. The van der Waals surface area contributed by atoms with Crippen molar-refractivity contribution in [2.24, 2.45) is 0 Å². The predicted octanol–water partition coefficient (Wildman–Crippen LogP) is 4.14. The van der Waals surface area contributed by atoms with Gasteiger partial charge in [-0.2, -0.15) is 0 Å². The lowest BCUT2D eigenvalue weighted by Gasteiger charge is -2.11. The van der Waals surface area contributed by atoms with Crippen molar-refractivity contribution >= 4 is 34.7 Å². The Bertz CT molecular complexity index is 948. The number of hydrogen-bond donors (Lipinski definition) is 2. The van der Waals surface area contributed by atoms with Crippen molar-refractivity contribution in [3.8, 4) is 11.5 Å². The summed E-state index contributed by atoms with van der Waals surface area (Å²) in [5.41, 5.74) is 1.45. The van der Waals surface area contributed by atoms with Crippen LogP contribution in [0.4, 0.5) is 17.2 Å². The van der Waals surface area contributed by atoms with Crippen molar-refractivity contribution in [3.05, 3.63) is 65.6 Å². The lowest BCUT2D eigenvalue weighted by Crippen LogP contribution is -2.15. The second-order valence-corrected chi connectivity index (χ2v) is 5.88. The Morgan fingerprint density at radius 1 is 1.04 bits per heavy atom. The average molecular weight is 385 g/mol. The van der Waals surface area contributed by atoms with Gasteiger partial charge in [0.15, 0.2) is 0 Å². The first-order valence-electron chi connectivity index (χ1n) is 7.97. The van der Waals surface area contributed by atoms with Crippen LogP contribution in [0, 0.1) is 0 Å². The normalized spacial score (nSPS) is 10.2. The molecule has 2 N–H and O–H groups in total. The number of methoxy groups -OCH3 is 2. The number of hydrogen-bond acceptors (Lipinski definition) is 6. The van der Waals surface area contributed by atoms with E-state index in [-0.39, 0.29) is 5.69 Å². The quantitative estimate of drug-likeness (QED) is 0.664. The number of amides is 1. The Kier molecular flexibility index (Phi) is 5.73. The largest absolute Gasteiger partial charge is 0.497 e. The standard InChI is InChI=1S/C19H17ClN4O3/c1-26-14-6-7-15(17(9-14)27-2)24-19(25)16-10-22-18(11-21-16)23-13-5-3-4-12(20)8-13/h3-11H,1-2H3,(H,22,23)(H,24,25). The SMILES string of the molecule is COc1ccc(NC(=O)c2cnc(Nc3cccc(Cl)c3)cn2)c(OC)c1. The van der Waals surface area contributed by atoms with Crippen LogP contribution in [0.5, 0.6) is 11.5 Å². The van der Waals surface area contributed by atoms with Gasteiger partial charge in [0.25, 0.3) is 5.91 Å². The van der Waals surface area contributed by atoms with Gasteiger partial charge in [-0.15, -0.1) is 0 Å². The summed E-state index contributed by atoms with van der Waals surface area (Å²) in [5, 5.41) is 6.42. The van der Waals surface area contributed by atoms with Crippen molar-refractivity contribution in [1.82, 2.24) is 9.97 Å². The van der Waals surface area contributed by atoms with Crippen LogP contribution in [0.3, 0.4) is 0 Å². The topological polar surface area (TPSA) is 85.4 Å². The molecule has 0 aliphatic heterocycles. The summed E-state index contributed by atoms with van der Waals surface area (Å²) in [6.45, 7) is 0. The summed E-state index contributed by atoms with van der Waals surface area (Å²) >= 11 is 5.95. The fourth-order valence-corrected chi connectivity index (χ4v) is 2.50. The number of carbonyl (C=O) groups excluding carboxylic acids is 1. The van der Waals surface area contributed by atoms with Gasteiger partial charge >= 0.3 is 0 Å². The maximum Gasteiger partial charge on any atom is 0.275 e. The number of benzene rings is 2. The molecule has 0 aliphatic carbocycles. The van der Waals surface area contributed by atoms with Gasteiger partial charge in [0.2, 0.25) is 0 Å². The van der Waals surface area contributed by atoms with Crippen molar-refractivity contribution in [3.63, 3.8) is 0 Å². The molecule has 27 heavy (non-hydrogen) atoms. The molecule has 8 heteroatoms. The van der Waals surface area contributed by atoms with Crippen LogP contribution in [0.25, 0.3) is 0 Å². The third kappa shape index (κ3) is 4.65. The summed E-state index contributed by atoms with van der Waals surface area (Å²) < 4.78 is 10.4. The minimum absolute atomic E-state index is 0.171. The van der Waals surface area contributed by atoms with Crippen molar-refractivity contribution in [2.75, 3.05) is 24.9 Å². The van der Waals surface area contributed by atoms with Gasteiger partial charge in [0.05, 0.1) is 32.3 Å². The monoisotopic (exact) mass is 384 g/mol.